The average molecular weight is 304 g/mol. The summed E-state index contributed by atoms with van der Waals surface area (Å²) in [6.45, 7) is 4.21. The van der Waals surface area contributed by atoms with Gasteiger partial charge in [-0.05, 0) is 36.0 Å². The lowest BCUT2D eigenvalue weighted by Gasteiger charge is -2.24. The van der Waals surface area contributed by atoms with Crippen LogP contribution >= 0.6 is 23.2 Å². The fourth-order valence-electron chi connectivity index (χ4n) is 2.13. The molecule has 0 heterocycles. The average Bonchev–Trinajstić information content (AvgIpc) is 2.34. The van der Waals surface area contributed by atoms with Crippen LogP contribution in [-0.4, -0.2) is 17.6 Å². The maximum absolute atomic E-state index is 11.0. The van der Waals surface area contributed by atoms with Gasteiger partial charge in [0.05, 0.1) is 5.92 Å². The summed E-state index contributed by atoms with van der Waals surface area (Å²) >= 11 is 12.0. The predicted molar refractivity (Wildman–Crippen MR) is 78.8 cm³/mol. The summed E-state index contributed by atoms with van der Waals surface area (Å²) in [6.07, 6.45) is 0.534. The lowest BCUT2D eigenvalue weighted by molar-refractivity contribution is -0.142. The summed E-state index contributed by atoms with van der Waals surface area (Å²) in [4.78, 5) is 11.0. The summed E-state index contributed by atoms with van der Waals surface area (Å²) in [5.41, 5.74) is 6.47. The Labute approximate surface area is 123 Å². The van der Waals surface area contributed by atoms with E-state index < -0.39 is 11.9 Å². The van der Waals surface area contributed by atoms with Crippen molar-refractivity contribution in [2.45, 2.75) is 26.2 Å². The third kappa shape index (κ3) is 4.37. The largest absolute Gasteiger partial charge is 0.481 e. The van der Waals surface area contributed by atoms with Gasteiger partial charge in [0.2, 0.25) is 0 Å². The third-order valence-corrected chi connectivity index (χ3v) is 4.16. The van der Waals surface area contributed by atoms with Gasteiger partial charge in [-0.2, -0.15) is 0 Å². The van der Waals surface area contributed by atoms with Crippen LogP contribution in [0.25, 0.3) is 0 Å². The van der Waals surface area contributed by atoms with E-state index in [1.165, 1.54) is 0 Å². The van der Waals surface area contributed by atoms with Crippen molar-refractivity contribution in [3.8, 4) is 0 Å². The number of hydrogen-bond donors (Lipinski definition) is 2. The van der Waals surface area contributed by atoms with Crippen LogP contribution < -0.4 is 5.73 Å². The Morgan fingerprint density at radius 3 is 2.47 bits per heavy atom. The van der Waals surface area contributed by atoms with E-state index in [1.807, 2.05) is 19.9 Å². The van der Waals surface area contributed by atoms with Crippen molar-refractivity contribution in [2.24, 2.45) is 17.6 Å². The number of benzene rings is 1. The molecule has 0 fully saturated rings. The molecule has 0 spiro atoms. The molecule has 0 aliphatic carbocycles. The highest BCUT2D eigenvalue weighted by molar-refractivity contribution is 6.35. The Balaban J connectivity index is 2.81. The molecule has 1 aromatic rings. The van der Waals surface area contributed by atoms with Crippen molar-refractivity contribution in [2.75, 3.05) is 6.54 Å². The first kappa shape index (κ1) is 16.3. The van der Waals surface area contributed by atoms with Gasteiger partial charge in [-0.3, -0.25) is 4.79 Å². The fourth-order valence-corrected chi connectivity index (χ4v) is 2.71. The van der Waals surface area contributed by atoms with Crippen molar-refractivity contribution in [1.29, 1.82) is 0 Å². The molecule has 0 aromatic heterocycles. The van der Waals surface area contributed by atoms with Crippen molar-refractivity contribution in [3.63, 3.8) is 0 Å². The van der Waals surface area contributed by atoms with E-state index in [4.69, 9.17) is 34.0 Å². The maximum atomic E-state index is 11.0. The molecular weight excluding hydrogens is 285 g/mol. The lowest BCUT2D eigenvalue weighted by Crippen LogP contribution is -2.26. The molecule has 3 unspecified atom stereocenters. The van der Waals surface area contributed by atoms with Crippen LogP contribution in [0.5, 0.6) is 0 Å². The minimum atomic E-state index is -0.844. The van der Waals surface area contributed by atoms with E-state index in [2.05, 4.69) is 0 Å². The second-order valence-electron chi connectivity index (χ2n) is 4.94. The Hall–Kier alpha value is -0.770. The summed E-state index contributed by atoms with van der Waals surface area (Å²) in [6, 6.07) is 5.40. The molecule has 19 heavy (non-hydrogen) atoms. The number of hydrogen-bond acceptors (Lipinski definition) is 2. The Bertz CT molecular complexity index is 451. The van der Waals surface area contributed by atoms with Crippen LogP contribution in [0, 0.1) is 11.8 Å². The van der Waals surface area contributed by atoms with E-state index in [1.54, 1.807) is 12.1 Å². The van der Waals surface area contributed by atoms with Gasteiger partial charge in [-0.1, -0.05) is 43.1 Å². The molecule has 0 saturated carbocycles. The van der Waals surface area contributed by atoms with E-state index >= 15 is 0 Å². The topological polar surface area (TPSA) is 63.3 Å². The molecule has 5 heteroatoms. The molecule has 3 atom stereocenters. The summed E-state index contributed by atoms with van der Waals surface area (Å²) in [5.74, 6) is -1.03. The quantitative estimate of drug-likeness (QED) is 0.840. The van der Waals surface area contributed by atoms with Gasteiger partial charge in [-0.15, -0.1) is 0 Å². The van der Waals surface area contributed by atoms with Crippen LogP contribution in [0.2, 0.25) is 10.0 Å². The van der Waals surface area contributed by atoms with Crippen LogP contribution in [0.15, 0.2) is 18.2 Å². The normalized spacial score (nSPS) is 15.8. The minimum Gasteiger partial charge on any atom is -0.481 e. The highest BCUT2D eigenvalue weighted by Gasteiger charge is 2.24. The highest BCUT2D eigenvalue weighted by Crippen LogP contribution is 2.34. The maximum Gasteiger partial charge on any atom is 0.307 e. The summed E-state index contributed by atoms with van der Waals surface area (Å²) in [5, 5.41) is 10.3. The monoisotopic (exact) mass is 303 g/mol. The van der Waals surface area contributed by atoms with Gasteiger partial charge in [0.25, 0.3) is 0 Å². The van der Waals surface area contributed by atoms with Crippen molar-refractivity contribution in [3.05, 3.63) is 33.8 Å². The van der Waals surface area contributed by atoms with Gasteiger partial charge >= 0.3 is 5.97 Å². The molecule has 0 aliphatic heterocycles. The van der Waals surface area contributed by atoms with Gasteiger partial charge in [-0.25, -0.2) is 0 Å². The highest BCUT2D eigenvalue weighted by atomic mass is 35.5. The van der Waals surface area contributed by atoms with Crippen molar-refractivity contribution in [1.82, 2.24) is 0 Å². The molecule has 3 nitrogen and oxygen atoms in total. The smallest absolute Gasteiger partial charge is 0.307 e. The van der Waals surface area contributed by atoms with Crippen molar-refractivity contribution < 1.29 is 9.90 Å². The first-order chi connectivity index (χ1) is 8.86. The molecule has 106 valence electrons. The van der Waals surface area contributed by atoms with Crippen LogP contribution in [0.1, 0.15) is 31.7 Å². The van der Waals surface area contributed by atoms with Crippen LogP contribution in [0.4, 0.5) is 0 Å². The van der Waals surface area contributed by atoms with E-state index in [9.17, 15) is 4.79 Å². The lowest BCUT2D eigenvalue weighted by atomic mass is 9.83. The number of rotatable bonds is 6. The summed E-state index contributed by atoms with van der Waals surface area (Å²) < 4.78 is 0. The van der Waals surface area contributed by atoms with Crippen LogP contribution in [0.3, 0.4) is 0 Å². The molecule has 0 saturated heterocycles. The molecule has 1 aromatic carbocycles. The zero-order valence-corrected chi connectivity index (χ0v) is 12.6. The van der Waals surface area contributed by atoms with Gasteiger partial charge in [0.1, 0.15) is 0 Å². The van der Waals surface area contributed by atoms with Gasteiger partial charge in [0, 0.05) is 16.6 Å². The zero-order valence-electron chi connectivity index (χ0n) is 11.1. The number of carbonyl (C=O) groups is 1. The predicted octanol–water partition coefficient (Wildman–Crippen LogP) is 3.78. The summed E-state index contributed by atoms with van der Waals surface area (Å²) in [7, 11) is 0. The van der Waals surface area contributed by atoms with Gasteiger partial charge < -0.3 is 10.8 Å². The number of aliphatic carboxylic acids is 1. The van der Waals surface area contributed by atoms with Gasteiger partial charge in [0.15, 0.2) is 0 Å². The molecule has 0 aliphatic rings. The first-order valence-electron chi connectivity index (χ1n) is 6.24. The molecule has 1 rings (SSSR count). The Morgan fingerprint density at radius 1 is 1.37 bits per heavy atom. The fraction of sp³-hybridized carbons (Fsp3) is 0.500. The third-order valence-electron chi connectivity index (χ3n) is 3.60. The molecular formula is C14H19Cl2NO2. The molecule has 3 N–H and O–H groups in total. The Kier molecular flexibility index (Phi) is 6.11. The van der Waals surface area contributed by atoms with Crippen LogP contribution in [-0.2, 0) is 4.79 Å². The Morgan fingerprint density at radius 2 is 2.00 bits per heavy atom. The van der Waals surface area contributed by atoms with E-state index in [-0.39, 0.29) is 18.4 Å². The molecule has 0 amide bonds. The zero-order chi connectivity index (χ0) is 14.6. The standard InChI is InChI=1S/C14H19Cl2NO2/c1-8(5-10(7-17)14(18)19)9(2)12-4-3-11(15)6-13(12)16/h3-4,6,8-10H,5,7,17H2,1-2H3,(H,18,19). The minimum absolute atomic E-state index is 0.151. The SMILES string of the molecule is CC(CC(CN)C(=O)O)C(C)c1ccc(Cl)cc1Cl. The number of nitrogens with two attached hydrogens (primary N) is 1. The second kappa shape index (κ2) is 7.13. The number of carboxylic acid groups (broad SMARTS) is 1. The number of halogens is 2. The molecule has 0 radical (unpaired) electrons. The number of carboxylic acids is 1. The van der Waals surface area contributed by atoms with Crippen molar-refractivity contribution >= 4 is 29.2 Å². The van der Waals surface area contributed by atoms with E-state index in [0.29, 0.717) is 16.5 Å². The van der Waals surface area contributed by atoms with E-state index in [0.717, 1.165) is 5.56 Å². The molecule has 0 bridgehead atoms. The second-order valence-corrected chi connectivity index (χ2v) is 5.78. The first-order valence-corrected chi connectivity index (χ1v) is 7.00.